The fraction of sp³-hybridized carbons (Fsp3) is 0.357. The largest absolute Gasteiger partial charge is 0.283 e. The number of halogens is 1. The lowest BCUT2D eigenvalue weighted by molar-refractivity contribution is 0.282. The van der Waals surface area contributed by atoms with Gasteiger partial charge in [0.2, 0.25) is 0 Å². The molecule has 1 fully saturated rings. The van der Waals surface area contributed by atoms with Crippen LogP contribution in [-0.4, -0.2) is 9.55 Å². The van der Waals surface area contributed by atoms with Crippen LogP contribution in [0.2, 0.25) is 5.02 Å². The molecule has 0 unspecified atom stereocenters. The Balaban J connectivity index is 1.66. The average molecular weight is 477 g/mol. The highest BCUT2D eigenvalue weighted by atomic mass is 35.5. The Kier molecular flexibility index (Phi) is 6.24. The highest BCUT2D eigenvalue weighted by molar-refractivity contribution is 7.98. The predicted molar refractivity (Wildman–Crippen MR) is 138 cm³/mol. The summed E-state index contributed by atoms with van der Waals surface area (Å²) in [5, 5.41) is 1.49. The molecule has 0 N–H and O–H groups in total. The Morgan fingerprint density at radius 1 is 1.12 bits per heavy atom. The summed E-state index contributed by atoms with van der Waals surface area (Å²) in [6, 6.07) is 16.4. The molecular formula is C28H29ClN2OS. The van der Waals surface area contributed by atoms with E-state index in [0.29, 0.717) is 6.54 Å². The zero-order chi connectivity index (χ0) is 23.0. The normalized spacial score (nSPS) is 16.3. The quantitative estimate of drug-likeness (QED) is 0.222. The third kappa shape index (κ3) is 4.31. The second kappa shape index (κ2) is 9.15. The first-order chi connectivity index (χ1) is 16.0. The lowest BCUT2D eigenvalue weighted by Crippen LogP contribution is -2.43. The standard InChI is InChI=1S/C28H29ClN2OS/c1-19(2)17-31-26(32)24-25(30-27(31)33-18-20-10-12-22(29)13-11-20)23-9-5-4-8-21(23)16-28(24)14-6-3-7-15-28/h4-5,8-13H,1,3,6-7,14-18H2,2H3. The van der Waals surface area contributed by atoms with Crippen LogP contribution in [0.15, 0.2) is 70.6 Å². The molecular weight excluding hydrogens is 448 g/mol. The number of aromatic nitrogens is 2. The molecule has 33 heavy (non-hydrogen) atoms. The van der Waals surface area contributed by atoms with Gasteiger partial charge in [0, 0.05) is 28.3 Å². The molecule has 0 bridgehead atoms. The number of allylic oxidation sites excluding steroid dienone is 1. The van der Waals surface area contributed by atoms with Gasteiger partial charge in [0.15, 0.2) is 5.16 Å². The van der Waals surface area contributed by atoms with Crippen molar-refractivity contribution in [2.75, 3.05) is 0 Å². The Morgan fingerprint density at radius 3 is 2.58 bits per heavy atom. The van der Waals surface area contributed by atoms with Gasteiger partial charge in [-0.25, -0.2) is 4.98 Å². The maximum atomic E-state index is 14.2. The van der Waals surface area contributed by atoms with Crippen LogP contribution in [0.25, 0.3) is 11.3 Å². The lowest BCUT2D eigenvalue weighted by atomic mass is 9.62. The minimum Gasteiger partial charge on any atom is -0.283 e. The number of rotatable bonds is 5. The molecule has 1 saturated carbocycles. The van der Waals surface area contributed by atoms with E-state index in [9.17, 15) is 4.79 Å². The zero-order valence-corrected chi connectivity index (χ0v) is 20.6. The zero-order valence-electron chi connectivity index (χ0n) is 19.1. The first-order valence-electron chi connectivity index (χ1n) is 11.7. The number of nitrogens with zero attached hydrogens (tertiary/aromatic N) is 2. The number of thioether (sulfide) groups is 1. The maximum Gasteiger partial charge on any atom is 0.258 e. The van der Waals surface area contributed by atoms with E-state index >= 15 is 0 Å². The van der Waals surface area contributed by atoms with Gasteiger partial charge >= 0.3 is 0 Å². The number of hydrogen-bond acceptors (Lipinski definition) is 3. The summed E-state index contributed by atoms with van der Waals surface area (Å²) in [4.78, 5) is 19.4. The van der Waals surface area contributed by atoms with Crippen LogP contribution in [0.1, 0.15) is 55.7 Å². The van der Waals surface area contributed by atoms with Crippen LogP contribution in [0, 0.1) is 0 Å². The predicted octanol–water partition coefficient (Wildman–Crippen LogP) is 7.19. The summed E-state index contributed by atoms with van der Waals surface area (Å²) in [6.07, 6.45) is 6.67. The Labute approximate surface area is 204 Å². The topological polar surface area (TPSA) is 34.9 Å². The van der Waals surface area contributed by atoms with Crippen molar-refractivity contribution in [3.8, 4) is 11.3 Å². The van der Waals surface area contributed by atoms with Gasteiger partial charge < -0.3 is 0 Å². The summed E-state index contributed by atoms with van der Waals surface area (Å²) in [7, 11) is 0. The SMILES string of the molecule is C=C(C)Cn1c(SCc2ccc(Cl)cc2)nc2c(c1=O)C1(CCCCC1)Cc1ccccc1-2. The third-order valence-corrected chi connectivity index (χ3v) is 8.29. The molecule has 5 rings (SSSR count). The van der Waals surface area contributed by atoms with Crippen molar-refractivity contribution in [1.82, 2.24) is 9.55 Å². The molecule has 1 spiro atoms. The molecule has 5 heteroatoms. The van der Waals surface area contributed by atoms with Gasteiger partial charge in [-0.2, -0.15) is 0 Å². The minimum atomic E-state index is -0.0950. The summed E-state index contributed by atoms with van der Waals surface area (Å²) < 4.78 is 1.87. The third-order valence-electron chi connectivity index (χ3n) is 6.99. The Hall–Kier alpha value is -2.30. The van der Waals surface area contributed by atoms with Crippen molar-refractivity contribution >= 4 is 23.4 Å². The van der Waals surface area contributed by atoms with Gasteiger partial charge in [-0.3, -0.25) is 9.36 Å². The van der Waals surface area contributed by atoms with E-state index < -0.39 is 0 Å². The molecule has 1 aromatic heterocycles. The highest BCUT2D eigenvalue weighted by Gasteiger charge is 2.43. The van der Waals surface area contributed by atoms with E-state index in [-0.39, 0.29) is 11.0 Å². The lowest BCUT2D eigenvalue weighted by Gasteiger charge is -2.42. The minimum absolute atomic E-state index is 0.0950. The molecule has 0 radical (unpaired) electrons. The molecule has 170 valence electrons. The molecule has 0 saturated heterocycles. The molecule has 0 amide bonds. The summed E-state index contributed by atoms with van der Waals surface area (Å²) >= 11 is 7.67. The Bertz CT molecular complexity index is 1260. The number of hydrogen-bond donors (Lipinski definition) is 0. The van der Waals surface area contributed by atoms with Crippen LogP contribution in [0.4, 0.5) is 0 Å². The van der Waals surface area contributed by atoms with Crippen molar-refractivity contribution in [3.05, 3.63) is 92.7 Å². The first-order valence-corrected chi connectivity index (χ1v) is 13.1. The fourth-order valence-electron chi connectivity index (χ4n) is 5.47. The van der Waals surface area contributed by atoms with Gasteiger partial charge in [0.25, 0.3) is 5.56 Å². The van der Waals surface area contributed by atoms with Crippen LogP contribution < -0.4 is 5.56 Å². The van der Waals surface area contributed by atoms with Gasteiger partial charge in [-0.05, 0) is 49.4 Å². The first kappa shape index (κ1) is 22.5. The molecule has 0 aliphatic heterocycles. The summed E-state index contributed by atoms with van der Waals surface area (Å²) in [6.45, 7) is 6.58. The van der Waals surface area contributed by atoms with Gasteiger partial charge in [-0.15, -0.1) is 0 Å². The van der Waals surface area contributed by atoms with E-state index in [0.717, 1.165) is 63.2 Å². The van der Waals surface area contributed by atoms with E-state index in [1.165, 1.54) is 24.8 Å². The molecule has 3 nitrogen and oxygen atoms in total. The second-order valence-electron chi connectivity index (χ2n) is 9.56. The van der Waals surface area contributed by atoms with Crippen molar-refractivity contribution in [2.45, 2.75) is 68.3 Å². The van der Waals surface area contributed by atoms with E-state index in [1.54, 1.807) is 11.8 Å². The molecule has 1 heterocycles. The van der Waals surface area contributed by atoms with Crippen LogP contribution in [-0.2, 0) is 24.1 Å². The maximum absolute atomic E-state index is 14.2. The van der Waals surface area contributed by atoms with E-state index in [4.69, 9.17) is 16.6 Å². The average Bonchev–Trinajstić information content (AvgIpc) is 2.81. The molecule has 3 aromatic rings. The molecule has 2 aliphatic carbocycles. The van der Waals surface area contributed by atoms with Gasteiger partial charge in [0.1, 0.15) is 0 Å². The fourth-order valence-corrected chi connectivity index (χ4v) is 6.54. The smallest absolute Gasteiger partial charge is 0.258 e. The van der Waals surface area contributed by atoms with Crippen LogP contribution in [0.3, 0.4) is 0 Å². The molecule has 2 aliphatic rings. The number of benzene rings is 2. The monoisotopic (exact) mass is 476 g/mol. The van der Waals surface area contributed by atoms with Gasteiger partial charge in [-0.1, -0.05) is 91.2 Å². The summed E-state index contributed by atoms with van der Waals surface area (Å²) in [5.74, 6) is 0.728. The van der Waals surface area contributed by atoms with Crippen molar-refractivity contribution < 1.29 is 0 Å². The van der Waals surface area contributed by atoms with Crippen molar-refractivity contribution in [3.63, 3.8) is 0 Å². The van der Waals surface area contributed by atoms with E-state index in [2.05, 4.69) is 30.8 Å². The van der Waals surface area contributed by atoms with Crippen LogP contribution >= 0.6 is 23.4 Å². The molecule has 2 aromatic carbocycles. The second-order valence-corrected chi connectivity index (χ2v) is 10.9. The highest BCUT2D eigenvalue weighted by Crippen LogP contribution is 2.48. The van der Waals surface area contributed by atoms with E-state index in [1.807, 2.05) is 35.8 Å². The van der Waals surface area contributed by atoms with Crippen molar-refractivity contribution in [1.29, 1.82) is 0 Å². The molecule has 0 atom stereocenters. The summed E-state index contributed by atoms with van der Waals surface area (Å²) in [5.41, 5.74) is 6.43. The van der Waals surface area contributed by atoms with Crippen LogP contribution in [0.5, 0.6) is 0 Å². The Morgan fingerprint density at radius 2 is 1.85 bits per heavy atom. The number of fused-ring (bicyclic) bond motifs is 4. The van der Waals surface area contributed by atoms with Gasteiger partial charge in [0.05, 0.1) is 11.3 Å². The van der Waals surface area contributed by atoms with Crippen molar-refractivity contribution in [2.24, 2.45) is 0 Å².